The molecule has 3 rings (SSSR count). The molecule has 28 heavy (non-hydrogen) atoms. The zero-order valence-electron chi connectivity index (χ0n) is 17.2. The minimum absolute atomic E-state index is 0.599. The second kappa shape index (κ2) is 9.49. The maximum Gasteiger partial charge on any atom is 0.161 e. The SMILES string of the molecule is CCOc1cc(CC2=NCCc3cc(OCC)c(OCC)cc32)ccc1OC. The Morgan fingerprint density at radius 1 is 0.821 bits per heavy atom. The first-order valence-corrected chi connectivity index (χ1v) is 9.96. The van der Waals surface area contributed by atoms with Crippen molar-refractivity contribution in [1.82, 2.24) is 0 Å². The third-order valence-corrected chi connectivity index (χ3v) is 4.66. The lowest BCUT2D eigenvalue weighted by atomic mass is 9.93. The van der Waals surface area contributed by atoms with Crippen LogP contribution in [0.3, 0.4) is 0 Å². The molecule has 0 saturated carbocycles. The highest BCUT2D eigenvalue weighted by atomic mass is 16.5. The van der Waals surface area contributed by atoms with E-state index in [0.717, 1.165) is 59.2 Å². The van der Waals surface area contributed by atoms with Gasteiger partial charge in [-0.1, -0.05) is 6.07 Å². The average Bonchev–Trinajstić information content (AvgIpc) is 2.70. The van der Waals surface area contributed by atoms with Crippen molar-refractivity contribution in [2.45, 2.75) is 33.6 Å². The third-order valence-electron chi connectivity index (χ3n) is 4.66. The number of rotatable bonds is 9. The van der Waals surface area contributed by atoms with Gasteiger partial charge in [-0.2, -0.15) is 0 Å². The Morgan fingerprint density at radius 3 is 2.11 bits per heavy atom. The summed E-state index contributed by atoms with van der Waals surface area (Å²) >= 11 is 0. The topological polar surface area (TPSA) is 49.3 Å². The molecule has 0 atom stereocenters. The van der Waals surface area contributed by atoms with Gasteiger partial charge in [-0.3, -0.25) is 4.99 Å². The van der Waals surface area contributed by atoms with Gasteiger partial charge in [0.15, 0.2) is 23.0 Å². The van der Waals surface area contributed by atoms with Gasteiger partial charge < -0.3 is 18.9 Å². The monoisotopic (exact) mass is 383 g/mol. The van der Waals surface area contributed by atoms with Crippen LogP contribution in [0.4, 0.5) is 0 Å². The molecule has 1 aliphatic heterocycles. The molecule has 0 spiro atoms. The van der Waals surface area contributed by atoms with Crippen LogP contribution >= 0.6 is 0 Å². The first kappa shape index (κ1) is 20.1. The molecule has 1 heterocycles. The molecule has 0 saturated heterocycles. The maximum absolute atomic E-state index is 5.82. The summed E-state index contributed by atoms with van der Waals surface area (Å²) in [6.45, 7) is 8.54. The predicted octanol–water partition coefficient (Wildman–Crippen LogP) is 4.48. The molecule has 5 nitrogen and oxygen atoms in total. The van der Waals surface area contributed by atoms with Gasteiger partial charge in [-0.25, -0.2) is 0 Å². The van der Waals surface area contributed by atoms with Gasteiger partial charge in [0.1, 0.15) is 0 Å². The zero-order valence-corrected chi connectivity index (χ0v) is 17.2. The Morgan fingerprint density at radius 2 is 1.46 bits per heavy atom. The highest BCUT2D eigenvalue weighted by Crippen LogP contribution is 2.34. The fraction of sp³-hybridized carbons (Fsp3) is 0.435. The fourth-order valence-corrected chi connectivity index (χ4v) is 3.45. The molecule has 0 aromatic heterocycles. The van der Waals surface area contributed by atoms with Crippen LogP contribution in [0.2, 0.25) is 0 Å². The van der Waals surface area contributed by atoms with E-state index in [1.54, 1.807) is 7.11 Å². The van der Waals surface area contributed by atoms with E-state index in [4.69, 9.17) is 23.9 Å². The first-order chi connectivity index (χ1) is 13.7. The molecule has 2 aromatic rings. The number of fused-ring (bicyclic) bond motifs is 1. The number of benzene rings is 2. The summed E-state index contributed by atoms with van der Waals surface area (Å²) in [5.74, 6) is 3.10. The van der Waals surface area contributed by atoms with Crippen molar-refractivity contribution in [3.8, 4) is 23.0 Å². The summed E-state index contributed by atoms with van der Waals surface area (Å²) in [6, 6.07) is 10.2. The molecule has 0 unspecified atom stereocenters. The quantitative estimate of drug-likeness (QED) is 0.641. The summed E-state index contributed by atoms with van der Waals surface area (Å²) in [5.41, 5.74) is 4.61. The molecular weight excluding hydrogens is 354 g/mol. The van der Waals surface area contributed by atoms with E-state index in [2.05, 4.69) is 18.2 Å². The summed E-state index contributed by atoms with van der Waals surface area (Å²) in [5, 5.41) is 0. The van der Waals surface area contributed by atoms with Gasteiger partial charge in [0.05, 0.1) is 26.9 Å². The maximum atomic E-state index is 5.82. The van der Waals surface area contributed by atoms with Crippen LogP contribution in [-0.4, -0.2) is 39.2 Å². The molecule has 0 amide bonds. The number of aliphatic imine (C=N–C) groups is 1. The Hall–Kier alpha value is -2.69. The molecule has 1 aliphatic rings. The fourth-order valence-electron chi connectivity index (χ4n) is 3.45. The van der Waals surface area contributed by atoms with E-state index < -0.39 is 0 Å². The second-order valence-corrected chi connectivity index (χ2v) is 6.50. The Labute approximate surface area is 167 Å². The largest absolute Gasteiger partial charge is 0.493 e. The van der Waals surface area contributed by atoms with Crippen LogP contribution in [0, 0.1) is 0 Å². The van der Waals surface area contributed by atoms with E-state index >= 15 is 0 Å². The van der Waals surface area contributed by atoms with Gasteiger partial charge in [0.25, 0.3) is 0 Å². The summed E-state index contributed by atoms with van der Waals surface area (Å²) in [7, 11) is 1.66. The standard InChI is InChI=1S/C23H29NO4/c1-5-26-21-13-16(8-9-20(21)25-4)12-19-18-15-23(28-7-3)22(27-6-2)14-17(18)10-11-24-19/h8-9,13-15H,5-7,10-12H2,1-4H3. The number of hydrogen-bond donors (Lipinski definition) is 0. The lowest BCUT2D eigenvalue weighted by Crippen LogP contribution is -2.16. The Balaban J connectivity index is 1.92. The van der Waals surface area contributed by atoms with E-state index in [1.165, 1.54) is 5.56 Å². The van der Waals surface area contributed by atoms with Crippen molar-refractivity contribution in [2.75, 3.05) is 33.5 Å². The molecule has 0 fully saturated rings. The van der Waals surface area contributed by atoms with Gasteiger partial charge in [-0.05, 0) is 62.6 Å². The lowest BCUT2D eigenvalue weighted by Gasteiger charge is -2.21. The van der Waals surface area contributed by atoms with Crippen LogP contribution < -0.4 is 18.9 Å². The molecular formula is C23H29NO4. The highest BCUT2D eigenvalue weighted by molar-refractivity contribution is 6.04. The molecule has 0 radical (unpaired) electrons. The van der Waals surface area contributed by atoms with Crippen LogP contribution in [0.25, 0.3) is 0 Å². The molecule has 5 heteroatoms. The Bertz CT molecular complexity index is 845. The number of ether oxygens (including phenoxy) is 4. The van der Waals surface area contributed by atoms with E-state index in [1.807, 2.05) is 32.9 Å². The van der Waals surface area contributed by atoms with Crippen LogP contribution in [-0.2, 0) is 12.8 Å². The smallest absolute Gasteiger partial charge is 0.161 e. The van der Waals surface area contributed by atoms with Crippen molar-refractivity contribution in [3.05, 3.63) is 47.0 Å². The number of methoxy groups -OCH3 is 1. The van der Waals surface area contributed by atoms with Crippen LogP contribution in [0.1, 0.15) is 37.5 Å². The van der Waals surface area contributed by atoms with E-state index in [-0.39, 0.29) is 0 Å². The average molecular weight is 383 g/mol. The third kappa shape index (κ3) is 4.41. The normalized spacial score (nSPS) is 12.8. The zero-order chi connectivity index (χ0) is 19.9. The summed E-state index contributed by atoms with van der Waals surface area (Å²) in [4.78, 5) is 4.81. The molecule has 0 aliphatic carbocycles. The molecule has 0 bridgehead atoms. The van der Waals surface area contributed by atoms with Gasteiger partial charge in [-0.15, -0.1) is 0 Å². The second-order valence-electron chi connectivity index (χ2n) is 6.50. The molecule has 2 aromatic carbocycles. The van der Waals surface area contributed by atoms with Gasteiger partial charge in [0.2, 0.25) is 0 Å². The van der Waals surface area contributed by atoms with Crippen LogP contribution in [0.5, 0.6) is 23.0 Å². The Kier molecular flexibility index (Phi) is 6.80. The van der Waals surface area contributed by atoms with Gasteiger partial charge in [0, 0.05) is 24.2 Å². The molecule has 150 valence electrons. The van der Waals surface area contributed by atoms with Crippen molar-refractivity contribution in [3.63, 3.8) is 0 Å². The minimum Gasteiger partial charge on any atom is -0.493 e. The van der Waals surface area contributed by atoms with Gasteiger partial charge >= 0.3 is 0 Å². The highest BCUT2D eigenvalue weighted by Gasteiger charge is 2.19. The van der Waals surface area contributed by atoms with Crippen molar-refractivity contribution in [2.24, 2.45) is 4.99 Å². The minimum atomic E-state index is 0.599. The van der Waals surface area contributed by atoms with Crippen molar-refractivity contribution in [1.29, 1.82) is 0 Å². The lowest BCUT2D eigenvalue weighted by molar-refractivity contribution is 0.287. The predicted molar refractivity (Wildman–Crippen MR) is 112 cm³/mol. The van der Waals surface area contributed by atoms with Crippen molar-refractivity contribution >= 4 is 5.71 Å². The van der Waals surface area contributed by atoms with Crippen molar-refractivity contribution < 1.29 is 18.9 Å². The summed E-state index contributed by atoms with van der Waals surface area (Å²) in [6.07, 6.45) is 1.65. The number of hydrogen-bond acceptors (Lipinski definition) is 5. The van der Waals surface area contributed by atoms with E-state index in [0.29, 0.717) is 19.8 Å². The van der Waals surface area contributed by atoms with Crippen LogP contribution in [0.15, 0.2) is 35.3 Å². The van der Waals surface area contributed by atoms with E-state index in [9.17, 15) is 0 Å². The molecule has 0 N–H and O–H groups in total. The number of nitrogens with zero attached hydrogens (tertiary/aromatic N) is 1. The summed E-state index contributed by atoms with van der Waals surface area (Å²) < 4.78 is 22.7. The first-order valence-electron chi connectivity index (χ1n) is 9.96.